The standard InChI is InChI=1S/C19H29N3O2/c1-13-11-16(9-10-20-13)22-17(23)15-7-5-14(6-8-15)12-21-18(24)19(2,3)4/h5-8,13,16,20H,9-12H2,1-4H3,(H,21,24)(H,22,23). The molecular formula is C19H29N3O2. The highest BCUT2D eigenvalue weighted by Crippen LogP contribution is 2.13. The maximum atomic E-state index is 12.3. The highest BCUT2D eigenvalue weighted by molar-refractivity contribution is 5.94. The smallest absolute Gasteiger partial charge is 0.251 e. The van der Waals surface area contributed by atoms with E-state index in [4.69, 9.17) is 0 Å². The molecule has 2 amide bonds. The monoisotopic (exact) mass is 331 g/mol. The number of amides is 2. The second kappa shape index (κ2) is 7.79. The van der Waals surface area contributed by atoms with Crippen molar-refractivity contribution in [3.63, 3.8) is 0 Å². The molecule has 1 fully saturated rings. The second-order valence-electron chi connectivity index (χ2n) is 7.68. The fourth-order valence-electron chi connectivity index (χ4n) is 2.75. The Balaban J connectivity index is 1.87. The Bertz CT molecular complexity index is 575. The highest BCUT2D eigenvalue weighted by Gasteiger charge is 2.21. The topological polar surface area (TPSA) is 70.2 Å². The van der Waals surface area contributed by atoms with Crippen LogP contribution in [-0.4, -0.2) is 30.4 Å². The summed E-state index contributed by atoms with van der Waals surface area (Å²) in [6.07, 6.45) is 1.93. The van der Waals surface area contributed by atoms with E-state index in [2.05, 4.69) is 22.9 Å². The maximum Gasteiger partial charge on any atom is 0.251 e. The predicted molar refractivity (Wildman–Crippen MR) is 95.7 cm³/mol. The first-order chi connectivity index (χ1) is 11.3. The van der Waals surface area contributed by atoms with Crippen molar-refractivity contribution in [3.8, 4) is 0 Å². The van der Waals surface area contributed by atoms with Crippen LogP contribution in [0.4, 0.5) is 0 Å². The van der Waals surface area contributed by atoms with Gasteiger partial charge in [0.1, 0.15) is 0 Å². The van der Waals surface area contributed by atoms with E-state index >= 15 is 0 Å². The normalized spacial score (nSPS) is 21.2. The molecule has 0 bridgehead atoms. The summed E-state index contributed by atoms with van der Waals surface area (Å²) >= 11 is 0. The molecule has 0 radical (unpaired) electrons. The van der Waals surface area contributed by atoms with Gasteiger partial charge in [-0.15, -0.1) is 0 Å². The number of hydrogen-bond acceptors (Lipinski definition) is 3. The molecule has 24 heavy (non-hydrogen) atoms. The van der Waals surface area contributed by atoms with Crippen LogP contribution in [0.5, 0.6) is 0 Å². The van der Waals surface area contributed by atoms with Crippen molar-refractivity contribution in [2.24, 2.45) is 5.41 Å². The quantitative estimate of drug-likeness (QED) is 0.792. The van der Waals surface area contributed by atoms with Gasteiger partial charge in [-0.1, -0.05) is 32.9 Å². The molecule has 1 aliphatic heterocycles. The highest BCUT2D eigenvalue weighted by atomic mass is 16.2. The van der Waals surface area contributed by atoms with Crippen LogP contribution in [0, 0.1) is 5.41 Å². The lowest BCUT2D eigenvalue weighted by molar-refractivity contribution is -0.128. The van der Waals surface area contributed by atoms with Crippen LogP contribution in [0.2, 0.25) is 0 Å². The first-order valence-corrected chi connectivity index (χ1v) is 8.67. The molecule has 2 unspecified atom stereocenters. The summed E-state index contributed by atoms with van der Waals surface area (Å²) in [6, 6.07) is 8.10. The number of piperidine rings is 1. The molecule has 5 nitrogen and oxygen atoms in total. The minimum absolute atomic E-state index is 0.0179. The zero-order valence-electron chi connectivity index (χ0n) is 15.1. The number of nitrogens with one attached hydrogen (secondary N) is 3. The van der Waals surface area contributed by atoms with E-state index in [1.165, 1.54) is 0 Å². The molecule has 3 N–H and O–H groups in total. The lowest BCUT2D eigenvalue weighted by atomic mass is 9.95. The third-order valence-electron chi connectivity index (χ3n) is 4.31. The van der Waals surface area contributed by atoms with Crippen molar-refractivity contribution in [2.75, 3.05) is 6.54 Å². The fraction of sp³-hybridized carbons (Fsp3) is 0.579. The Morgan fingerprint density at radius 2 is 1.88 bits per heavy atom. The molecule has 2 rings (SSSR count). The third-order valence-corrected chi connectivity index (χ3v) is 4.31. The lowest BCUT2D eigenvalue weighted by Gasteiger charge is -2.28. The van der Waals surface area contributed by atoms with Crippen LogP contribution in [0.3, 0.4) is 0 Å². The Labute approximate surface area is 144 Å². The molecule has 1 aliphatic rings. The van der Waals surface area contributed by atoms with Gasteiger partial charge in [-0.05, 0) is 44.0 Å². The van der Waals surface area contributed by atoms with Gasteiger partial charge in [-0.2, -0.15) is 0 Å². The summed E-state index contributed by atoms with van der Waals surface area (Å²) in [5, 5.41) is 9.40. The van der Waals surface area contributed by atoms with Gasteiger partial charge in [-0.25, -0.2) is 0 Å². The summed E-state index contributed by atoms with van der Waals surface area (Å²) in [4.78, 5) is 24.2. The first kappa shape index (κ1) is 18.5. The average Bonchev–Trinajstić information content (AvgIpc) is 2.52. The molecule has 1 saturated heterocycles. The van der Waals surface area contributed by atoms with Crippen molar-refractivity contribution in [3.05, 3.63) is 35.4 Å². The van der Waals surface area contributed by atoms with Gasteiger partial charge in [0.15, 0.2) is 0 Å². The largest absolute Gasteiger partial charge is 0.352 e. The minimum atomic E-state index is -0.397. The van der Waals surface area contributed by atoms with Crippen LogP contribution in [-0.2, 0) is 11.3 Å². The summed E-state index contributed by atoms with van der Waals surface area (Å²) in [5.41, 5.74) is 1.25. The molecule has 0 aromatic heterocycles. The predicted octanol–water partition coefficient (Wildman–Crippen LogP) is 2.22. The maximum absolute atomic E-state index is 12.3. The van der Waals surface area contributed by atoms with Crippen molar-refractivity contribution >= 4 is 11.8 Å². The minimum Gasteiger partial charge on any atom is -0.352 e. The lowest BCUT2D eigenvalue weighted by Crippen LogP contribution is -2.46. The number of carbonyl (C=O) groups excluding carboxylic acids is 2. The summed E-state index contributed by atoms with van der Waals surface area (Å²) < 4.78 is 0. The molecule has 1 heterocycles. The van der Waals surface area contributed by atoms with Gasteiger partial charge in [0.2, 0.25) is 5.91 Å². The molecule has 0 saturated carbocycles. The Kier molecular flexibility index (Phi) is 5.99. The van der Waals surface area contributed by atoms with Crippen LogP contribution in [0.15, 0.2) is 24.3 Å². The molecule has 132 valence electrons. The molecular weight excluding hydrogens is 302 g/mol. The molecule has 1 aromatic rings. The van der Waals surface area contributed by atoms with Gasteiger partial charge < -0.3 is 16.0 Å². The zero-order valence-corrected chi connectivity index (χ0v) is 15.1. The molecule has 5 heteroatoms. The number of carbonyl (C=O) groups is 2. The van der Waals surface area contributed by atoms with Crippen molar-refractivity contribution in [1.29, 1.82) is 0 Å². The van der Waals surface area contributed by atoms with Crippen LogP contribution in [0.1, 0.15) is 56.5 Å². The summed E-state index contributed by atoms with van der Waals surface area (Å²) in [5.74, 6) is -0.0104. The van der Waals surface area contributed by atoms with Crippen LogP contribution >= 0.6 is 0 Å². The van der Waals surface area contributed by atoms with Crippen LogP contribution < -0.4 is 16.0 Å². The average molecular weight is 331 g/mol. The third kappa shape index (κ3) is 5.34. The first-order valence-electron chi connectivity index (χ1n) is 8.67. The SMILES string of the molecule is CC1CC(NC(=O)c2ccc(CNC(=O)C(C)(C)C)cc2)CCN1. The van der Waals surface area contributed by atoms with Gasteiger partial charge in [0, 0.05) is 29.6 Å². The van der Waals surface area contributed by atoms with E-state index in [1.807, 2.05) is 45.0 Å². The number of rotatable bonds is 4. The van der Waals surface area contributed by atoms with E-state index in [9.17, 15) is 9.59 Å². The Morgan fingerprint density at radius 1 is 1.21 bits per heavy atom. The van der Waals surface area contributed by atoms with Gasteiger partial charge >= 0.3 is 0 Å². The van der Waals surface area contributed by atoms with Gasteiger partial charge in [0.05, 0.1) is 0 Å². The van der Waals surface area contributed by atoms with Crippen LogP contribution in [0.25, 0.3) is 0 Å². The second-order valence-corrected chi connectivity index (χ2v) is 7.68. The fourth-order valence-corrected chi connectivity index (χ4v) is 2.75. The van der Waals surface area contributed by atoms with E-state index in [-0.39, 0.29) is 17.9 Å². The van der Waals surface area contributed by atoms with Crippen molar-refractivity contribution in [2.45, 2.75) is 59.2 Å². The number of benzene rings is 1. The summed E-state index contributed by atoms with van der Waals surface area (Å²) in [7, 11) is 0. The molecule has 0 aliphatic carbocycles. The number of hydrogen-bond donors (Lipinski definition) is 3. The Morgan fingerprint density at radius 3 is 2.46 bits per heavy atom. The Hall–Kier alpha value is -1.88. The zero-order chi connectivity index (χ0) is 17.7. The van der Waals surface area contributed by atoms with Gasteiger partial charge in [0.25, 0.3) is 5.91 Å². The van der Waals surface area contributed by atoms with E-state index in [0.29, 0.717) is 18.2 Å². The van der Waals surface area contributed by atoms with Gasteiger partial charge in [-0.3, -0.25) is 9.59 Å². The molecule has 2 atom stereocenters. The van der Waals surface area contributed by atoms with Crippen molar-refractivity contribution in [1.82, 2.24) is 16.0 Å². The van der Waals surface area contributed by atoms with E-state index < -0.39 is 5.41 Å². The molecule has 0 spiro atoms. The molecule has 1 aromatic carbocycles. The van der Waals surface area contributed by atoms with E-state index in [0.717, 1.165) is 24.9 Å². The van der Waals surface area contributed by atoms with Crippen molar-refractivity contribution < 1.29 is 9.59 Å². The van der Waals surface area contributed by atoms with E-state index in [1.54, 1.807) is 0 Å². The summed E-state index contributed by atoms with van der Waals surface area (Å²) in [6.45, 7) is 9.22.